The van der Waals surface area contributed by atoms with Gasteiger partial charge < -0.3 is 44.3 Å². The van der Waals surface area contributed by atoms with Crippen LogP contribution in [0.3, 0.4) is 0 Å². The van der Waals surface area contributed by atoms with Gasteiger partial charge in [-0.2, -0.15) is 0 Å². The molecule has 10 nitrogen and oxygen atoms in total. The molecule has 0 aliphatic carbocycles. The third-order valence-corrected chi connectivity index (χ3v) is 26.3. The van der Waals surface area contributed by atoms with E-state index in [1.165, 1.54) is 0 Å². The van der Waals surface area contributed by atoms with Crippen molar-refractivity contribution in [2.45, 2.75) is 91.4 Å². The first-order valence-electron chi connectivity index (χ1n) is 16.9. The summed E-state index contributed by atoms with van der Waals surface area (Å²) in [6.45, 7) is 20.1. The molecule has 0 spiro atoms. The van der Waals surface area contributed by atoms with Crippen LogP contribution in [0.5, 0.6) is 0 Å². The molecule has 0 aromatic heterocycles. The second-order valence-electron chi connectivity index (χ2n) is 10.1. The zero-order valence-corrected chi connectivity index (χ0v) is 40.9. The number of hydrogen-bond acceptors (Lipinski definition) is 16. The number of hydrogen-bond donors (Lipinski definition) is 0. The quantitative estimate of drug-likeness (QED) is 0.0351. The predicted molar refractivity (Wildman–Crippen MR) is 226 cm³/mol. The maximum atomic E-state index is 5.88. The Bertz CT molecular complexity index is 600. The summed E-state index contributed by atoms with van der Waals surface area (Å²) in [5.74, 6) is 4.18. The Balaban J connectivity index is 0. The molecular formula is C28H68O10S6Si4. The van der Waals surface area contributed by atoms with Crippen LogP contribution in [0, 0.1) is 0 Å². The highest BCUT2D eigenvalue weighted by Crippen LogP contribution is 2.39. The van der Waals surface area contributed by atoms with Crippen LogP contribution in [0.15, 0.2) is 0 Å². The normalized spacial score (nSPS) is 13.6. The molecule has 0 aliphatic heterocycles. The minimum atomic E-state index is -2.52. The fraction of sp³-hybridized carbons (Fsp3) is 1.00. The van der Waals surface area contributed by atoms with Gasteiger partial charge in [-0.15, -0.1) is 0 Å². The lowest BCUT2D eigenvalue weighted by molar-refractivity contribution is 0.0721. The number of rotatable bonds is 34. The standard InChI is InChI=1S/C16H38O6S3Si2.C12H30O4S3Si2/c1-7-17-26(18-8-2,19-9-3)15-13-23-25-24-14-16-27(20-10-4,21-11-5)22-12-6;1-11(20(13-3)14-4)7-9-17-19-18-10-8-12(2)21(15-5)16-6/h7-16H2,1-6H3;11-12,20-21H,7-10H2,1-6H3. The van der Waals surface area contributed by atoms with Gasteiger partial charge in [0.1, 0.15) is 0 Å². The van der Waals surface area contributed by atoms with E-state index in [1.807, 2.05) is 94.5 Å². The van der Waals surface area contributed by atoms with E-state index in [9.17, 15) is 0 Å². The maximum Gasteiger partial charge on any atom is 0.501 e. The molecule has 0 radical (unpaired) electrons. The Kier molecular flexibility index (Phi) is 40.1. The fourth-order valence-corrected chi connectivity index (χ4v) is 23.0. The van der Waals surface area contributed by atoms with Gasteiger partial charge in [-0.1, -0.05) is 57.0 Å². The van der Waals surface area contributed by atoms with Gasteiger partial charge >= 0.3 is 36.2 Å². The van der Waals surface area contributed by atoms with Crippen molar-refractivity contribution in [1.29, 1.82) is 0 Å². The summed E-state index contributed by atoms with van der Waals surface area (Å²) in [4.78, 5) is 0. The summed E-state index contributed by atoms with van der Waals surface area (Å²) in [6.07, 6.45) is 2.32. The van der Waals surface area contributed by atoms with Crippen molar-refractivity contribution in [3.8, 4) is 0 Å². The van der Waals surface area contributed by atoms with Crippen LogP contribution < -0.4 is 0 Å². The third-order valence-electron chi connectivity index (χ3n) is 6.53. The molecule has 0 fully saturated rings. The van der Waals surface area contributed by atoms with Gasteiger partial charge in [-0.3, -0.25) is 0 Å². The van der Waals surface area contributed by atoms with Crippen LogP contribution in [0.2, 0.25) is 23.2 Å². The molecule has 0 rings (SSSR count). The molecule has 0 aliphatic rings. The van der Waals surface area contributed by atoms with Crippen LogP contribution in [-0.4, -0.2) is 127 Å². The Labute approximate surface area is 323 Å². The average Bonchev–Trinajstić information content (AvgIpc) is 3.06. The van der Waals surface area contributed by atoms with E-state index in [0.717, 1.165) is 47.9 Å². The molecular weight excluding hydrogens is 801 g/mol. The zero-order valence-electron chi connectivity index (χ0n) is 31.7. The first-order valence-corrected chi connectivity index (χ1v) is 31.7. The minimum Gasteiger partial charge on any atom is -0.400 e. The highest BCUT2D eigenvalue weighted by Gasteiger charge is 2.41. The molecule has 0 amide bonds. The fourth-order valence-electron chi connectivity index (χ4n) is 4.40. The Hall–Kier alpha value is 2.57. The van der Waals surface area contributed by atoms with Crippen molar-refractivity contribution in [3.05, 3.63) is 0 Å². The van der Waals surface area contributed by atoms with E-state index in [0.29, 0.717) is 50.7 Å². The van der Waals surface area contributed by atoms with E-state index >= 15 is 0 Å². The van der Waals surface area contributed by atoms with Gasteiger partial charge in [-0.05, 0) is 85.1 Å². The summed E-state index contributed by atoms with van der Waals surface area (Å²) in [5.41, 5.74) is 1.13. The summed E-state index contributed by atoms with van der Waals surface area (Å²) < 4.78 is 56.9. The smallest absolute Gasteiger partial charge is 0.400 e. The molecule has 0 aromatic carbocycles. The van der Waals surface area contributed by atoms with Gasteiger partial charge in [0, 0.05) is 103 Å². The summed E-state index contributed by atoms with van der Waals surface area (Å²) in [6, 6.07) is 1.66. The van der Waals surface area contributed by atoms with E-state index in [1.54, 1.807) is 38.3 Å². The maximum absolute atomic E-state index is 5.88. The van der Waals surface area contributed by atoms with E-state index < -0.39 is 36.2 Å². The van der Waals surface area contributed by atoms with E-state index in [-0.39, 0.29) is 0 Å². The zero-order chi connectivity index (χ0) is 36.5. The van der Waals surface area contributed by atoms with Crippen LogP contribution in [-0.2, 0) is 44.3 Å². The largest absolute Gasteiger partial charge is 0.501 e. The topological polar surface area (TPSA) is 92.3 Å². The van der Waals surface area contributed by atoms with Crippen molar-refractivity contribution in [1.82, 2.24) is 0 Å². The molecule has 2 unspecified atom stereocenters. The van der Waals surface area contributed by atoms with E-state index in [4.69, 9.17) is 44.3 Å². The van der Waals surface area contributed by atoms with Crippen LogP contribution in [0.1, 0.15) is 68.2 Å². The Morgan fingerprint density at radius 3 is 0.917 bits per heavy atom. The van der Waals surface area contributed by atoms with Crippen molar-refractivity contribution in [3.63, 3.8) is 0 Å². The van der Waals surface area contributed by atoms with Crippen LogP contribution in [0.4, 0.5) is 0 Å². The molecule has 0 saturated heterocycles. The first kappa shape index (κ1) is 52.7. The van der Waals surface area contributed by atoms with E-state index in [2.05, 4.69) is 13.8 Å². The molecule has 20 heteroatoms. The Morgan fingerprint density at radius 1 is 0.438 bits per heavy atom. The lowest BCUT2D eigenvalue weighted by Gasteiger charge is -2.28. The van der Waals surface area contributed by atoms with Crippen molar-refractivity contribution >= 4 is 99.0 Å². The highest BCUT2D eigenvalue weighted by molar-refractivity contribution is 9.09. The minimum absolute atomic E-state index is 0.563. The SMILES string of the molecule is CCO[Si](CCSSSCC[Si](OCC)(OCC)OCC)(OCC)OCC.CO[SiH](OC)C(C)CCSSSCCC(C)[SiH](OC)OC. The van der Waals surface area contributed by atoms with Crippen LogP contribution in [0.25, 0.3) is 0 Å². The van der Waals surface area contributed by atoms with Gasteiger partial charge in [0.2, 0.25) is 0 Å². The molecule has 292 valence electrons. The van der Waals surface area contributed by atoms with Crippen molar-refractivity contribution < 1.29 is 44.3 Å². The predicted octanol–water partition coefficient (Wildman–Crippen LogP) is 8.72. The van der Waals surface area contributed by atoms with Gasteiger partial charge in [-0.25, -0.2) is 0 Å². The lowest BCUT2D eigenvalue weighted by Crippen LogP contribution is -2.46. The second kappa shape index (κ2) is 36.5. The molecule has 0 bridgehead atoms. The summed E-state index contributed by atoms with van der Waals surface area (Å²) in [7, 11) is 10.3. The monoisotopic (exact) mass is 868 g/mol. The first-order chi connectivity index (χ1) is 23.2. The average molecular weight is 870 g/mol. The molecule has 0 N–H and O–H groups in total. The lowest BCUT2D eigenvalue weighted by atomic mass is 10.4. The molecule has 0 heterocycles. The Morgan fingerprint density at radius 2 is 0.688 bits per heavy atom. The molecule has 0 saturated carbocycles. The molecule has 2 atom stereocenters. The molecule has 48 heavy (non-hydrogen) atoms. The van der Waals surface area contributed by atoms with Gasteiger partial charge in [0.25, 0.3) is 0 Å². The molecule has 0 aromatic rings. The van der Waals surface area contributed by atoms with Gasteiger partial charge in [0.05, 0.1) is 0 Å². The van der Waals surface area contributed by atoms with Crippen LogP contribution >= 0.6 is 62.8 Å². The summed E-state index contributed by atoms with van der Waals surface area (Å²) in [5, 5.41) is 0. The second-order valence-corrected chi connectivity index (χ2v) is 30.1. The van der Waals surface area contributed by atoms with Crippen molar-refractivity contribution in [2.75, 3.05) is 91.1 Å². The highest BCUT2D eigenvalue weighted by atomic mass is 33.5. The summed E-state index contributed by atoms with van der Waals surface area (Å²) >= 11 is 0. The third kappa shape index (κ3) is 26.4. The van der Waals surface area contributed by atoms with Gasteiger partial charge in [0.15, 0.2) is 0 Å². The van der Waals surface area contributed by atoms with Crippen molar-refractivity contribution in [2.24, 2.45) is 0 Å².